The quantitative estimate of drug-likeness (QED) is 0.301. The number of pyridine rings is 1. The van der Waals surface area contributed by atoms with E-state index in [1.54, 1.807) is 0 Å². The highest BCUT2D eigenvalue weighted by molar-refractivity contribution is 5.94. The molecule has 0 unspecified atom stereocenters. The molecule has 5 aromatic rings. The predicted octanol–water partition coefficient (Wildman–Crippen LogP) is 7.49. The van der Waals surface area contributed by atoms with Gasteiger partial charge in [-0.05, 0) is 65.7 Å². The summed E-state index contributed by atoms with van der Waals surface area (Å²) in [5.41, 5.74) is 8.98. The van der Waals surface area contributed by atoms with Gasteiger partial charge in [-0.15, -0.1) is 0 Å². The van der Waals surface area contributed by atoms with Crippen LogP contribution in [-0.4, -0.2) is 9.55 Å². The second-order valence-corrected chi connectivity index (χ2v) is 7.83. The minimum absolute atomic E-state index is 0.969. The number of para-hydroxylation sites is 1. The van der Waals surface area contributed by atoms with Crippen molar-refractivity contribution in [2.24, 2.45) is 0 Å². The summed E-state index contributed by atoms with van der Waals surface area (Å²) in [7, 11) is 0. The summed E-state index contributed by atoms with van der Waals surface area (Å²) < 4.78 is 2.14. The van der Waals surface area contributed by atoms with Crippen molar-refractivity contribution in [3.63, 3.8) is 0 Å². The maximum Gasteiger partial charge on any atom is 0.0702 e. The molecule has 1 aliphatic rings. The minimum atomic E-state index is 0.969. The molecule has 0 N–H and O–H groups in total. The predicted molar refractivity (Wildman–Crippen MR) is 133 cm³/mol. The summed E-state index contributed by atoms with van der Waals surface area (Å²) in [4.78, 5) is 6.91. The first kappa shape index (κ1) is 18.4. The Morgan fingerprint density at radius 1 is 0.562 bits per heavy atom. The molecule has 0 saturated heterocycles. The smallest absolute Gasteiger partial charge is 0.0702 e. The lowest BCUT2D eigenvalue weighted by Crippen LogP contribution is -2.12. The fourth-order valence-corrected chi connectivity index (χ4v) is 4.29. The molecule has 0 fully saturated rings. The summed E-state index contributed by atoms with van der Waals surface area (Å²) in [5, 5.41) is 0. The van der Waals surface area contributed by atoms with Crippen molar-refractivity contribution < 1.29 is 0 Å². The number of anilines is 3. The lowest BCUT2D eigenvalue weighted by molar-refractivity contribution is 1.08. The molecule has 0 bridgehead atoms. The normalized spacial score (nSPS) is 12.2. The Bertz CT molecular complexity index is 1420. The maximum absolute atomic E-state index is 4.56. The maximum atomic E-state index is 4.56. The van der Waals surface area contributed by atoms with E-state index in [-0.39, 0.29) is 0 Å². The molecular formula is C29H21N3. The molecule has 3 heteroatoms. The lowest BCUT2D eigenvalue weighted by atomic mass is 10.1. The van der Waals surface area contributed by atoms with Crippen LogP contribution < -0.4 is 4.90 Å². The van der Waals surface area contributed by atoms with E-state index < -0.39 is 0 Å². The van der Waals surface area contributed by atoms with Gasteiger partial charge < -0.3 is 9.47 Å². The number of aromatic nitrogens is 2. The summed E-state index contributed by atoms with van der Waals surface area (Å²) in [6.45, 7) is 0. The van der Waals surface area contributed by atoms with Crippen molar-refractivity contribution in [3.8, 4) is 16.9 Å². The topological polar surface area (TPSA) is 21.1 Å². The summed E-state index contributed by atoms with van der Waals surface area (Å²) in [6.07, 6.45) is 10.4. The van der Waals surface area contributed by atoms with Gasteiger partial charge in [0.1, 0.15) is 0 Å². The average molecular weight is 412 g/mol. The first-order chi connectivity index (χ1) is 15.9. The van der Waals surface area contributed by atoms with Crippen LogP contribution in [0.5, 0.6) is 0 Å². The second kappa shape index (κ2) is 7.71. The highest BCUT2D eigenvalue weighted by Crippen LogP contribution is 2.43. The molecule has 1 aliphatic heterocycles. The second-order valence-electron chi connectivity index (χ2n) is 7.83. The number of nitrogens with zero attached hydrogens (tertiary/aromatic N) is 3. The average Bonchev–Trinajstić information content (AvgIpc) is 3.34. The van der Waals surface area contributed by atoms with Gasteiger partial charge in [0, 0.05) is 35.5 Å². The van der Waals surface area contributed by atoms with Crippen LogP contribution in [-0.2, 0) is 0 Å². The molecule has 3 heterocycles. The van der Waals surface area contributed by atoms with Crippen LogP contribution in [0.2, 0.25) is 0 Å². The van der Waals surface area contributed by atoms with Crippen LogP contribution in [0.25, 0.3) is 29.1 Å². The molecule has 152 valence electrons. The summed E-state index contributed by atoms with van der Waals surface area (Å²) >= 11 is 0. The van der Waals surface area contributed by atoms with Crippen molar-refractivity contribution in [1.82, 2.24) is 9.55 Å². The fourth-order valence-electron chi connectivity index (χ4n) is 4.29. The largest absolute Gasteiger partial charge is 0.324 e. The van der Waals surface area contributed by atoms with Gasteiger partial charge in [0.15, 0.2) is 0 Å². The number of hydrogen-bond acceptors (Lipinski definition) is 2. The van der Waals surface area contributed by atoms with Crippen molar-refractivity contribution in [2.75, 3.05) is 4.90 Å². The van der Waals surface area contributed by atoms with Gasteiger partial charge in [-0.3, -0.25) is 4.98 Å². The van der Waals surface area contributed by atoms with E-state index >= 15 is 0 Å². The first-order valence-electron chi connectivity index (χ1n) is 10.7. The van der Waals surface area contributed by atoms with E-state index in [1.165, 1.54) is 11.1 Å². The molecule has 2 aromatic heterocycles. The standard InChI is InChI=1S/C29H21N3/c1-2-12-28-22(8-1)13-14-23-15-16-25(31-18-5-6-19-31)21-29(23)32(28)26-10-7-9-24(20-26)27-11-3-4-17-30-27/h1-21H. The Morgan fingerprint density at radius 2 is 1.38 bits per heavy atom. The van der Waals surface area contributed by atoms with Gasteiger partial charge in [0.2, 0.25) is 0 Å². The van der Waals surface area contributed by atoms with Gasteiger partial charge in [0.25, 0.3) is 0 Å². The van der Waals surface area contributed by atoms with Crippen LogP contribution in [0.1, 0.15) is 11.1 Å². The van der Waals surface area contributed by atoms with Crippen LogP contribution in [0.4, 0.5) is 17.1 Å². The number of rotatable bonds is 3. The molecular weight excluding hydrogens is 390 g/mol. The summed E-state index contributed by atoms with van der Waals surface area (Å²) in [5.74, 6) is 0. The number of hydrogen-bond donors (Lipinski definition) is 0. The van der Waals surface area contributed by atoms with Gasteiger partial charge in [-0.2, -0.15) is 0 Å². The molecule has 32 heavy (non-hydrogen) atoms. The van der Waals surface area contributed by atoms with Crippen molar-refractivity contribution in [1.29, 1.82) is 0 Å². The van der Waals surface area contributed by atoms with E-state index in [2.05, 4.69) is 124 Å². The lowest BCUT2D eigenvalue weighted by Gasteiger charge is -2.28. The zero-order valence-corrected chi connectivity index (χ0v) is 17.5. The zero-order chi connectivity index (χ0) is 21.3. The number of benzene rings is 3. The van der Waals surface area contributed by atoms with E-state index in [0.717, 1.165) is 34.0 Å². The molecule has 6 rings (SSSR count). The molecule has 0 amide bonds. The third kappa shape index (κ3) is 3.21. The molecule has 0 spiro atoms. The third-order valence-electron chi connectivity index (χ3n) is 5.84. The van der Waals surface area contributed by atoms with Crippen LogP contribution in [0.15, 0.2) is 116 Å². The van der Waals surface area contributed by atoms with E-state index in [9.17, 15) is 0 Å². The molecule has 3 aromatic carbocycles. The van der Waals surface area contributed by atoms with Crippen molar-refractivity contribution in [2.45, 2.75) is 0 Å². The van der Waals surface area contributed by atoms with Crippen LogP contribution in [0, 0.1) is 0 Å². The van der Waals surface area contributed by atoms with E-state index in [1.807, 2.05) is 18.3 Å². The fraction of sp³-hybridized carbons (Fsp3) is 0. The first-order valence-corrected chi connectivity index (χ1v) is 10.7. The SMILES string of the molecule is C1=Cc2ccc(-n3cccc3)cc2N(c2cccc(-c3ccccn3)c2)c2ccccc21. The Morgan fingerprint density at radius 3 is 2.22 bits per heavy atom. The molecule has 3 nitrogen and oxygen atoms in total. The Balaban J connectivity index is 1.57. The molecule has 0 atom stereocenters. The van der Waals surface area contributed by atoms with Gasteiger partial charge >= 0.3 is 0 Å². The Labute approximate surface area is 187 Å². The number of fused-ring (bicyclic) bond motifs is 2. The summed E-state index contributed by atoms with van der Waals surface area (Å²) in [6, 6.07) is 33.9. The third-order valence-corrected chi connectivity index (χ3v) is 5.84. The molecule has 0 radical (unpaired) electrons. The zero-order valence-electron chi connectivity index (χ0n) is 17.5. The van der Waals surface area contributed by atoms with Gasteiger partial charge in [-0.1, -0.05) is 54.6 Å². The van der Waals surface area contributed by atoms with Crippen LogP contribution in [0.3, 0.4) is 0 Å². The van der Waals surface area contributed by atoms with Gasteiger partial charge in [0.05, 0.1) is 17.1 Å². The Hall–Kier alpha value is -4.37. The Kier molecular flexibility index (Phi) is 4.43. The highest BCUT2D eigenvalue weighted by Gasteiger charge is 2.21. The molecule has 0 saturated carbocycles. The minimum Gasteiger partial charge on any atom is -0.324 e. The van der Waals surface area contributed by atoms with E-state index in [0.29, 0.717) is 0 Å². The van der Waals surface area contributed by atoms with Crippen molar-refractivity contribution in [3.05, 3.63) is 127 Å². The molecule has 0 aliphatic carbocycles. The van der Waals surface area contributed by atoms with E-state index in [4.69, 9.17) is 0 Å². The van der Waals surface area contributed by atoms with Gasteiger partial charge in [-0.25, -0.2) is 0 Å². The van der Waals surface area contributed by atoms with Crippen LogP contribution >= 0.6 is 0 Å². The van der Waals surface area contributed by atoms with Crippen molar-refractivity contribution >= 4 is 29.2 Å². The monoisotopic (exact) mass is 411 g/mol. The highest BCUT2D eigenvalue weighted by atomic mass is 15.2.